The average molecular weight is 226 g/mol. The van der Waals surface area contributed by atoms with Crippen molar-refractivity contribution in [2.24, 2.45) is 5.92 Å². The van der Waals surface area contributed by atoms with Crippen molar-refractivity contribution in [1.82, 2.24) is 9.97 Å². The Morgan fingerprint density at radius 2 is 1.88 bits per heavy atom. The maximum absolute atomic E-state index is 11.8. The zero-order valence-corrected chi connectivity index (χ0v) is 9.81. The molecule has 1 aliphatic rings. The number of carbonyl (C=O) groups excluding carboxylic acids is 1. The van der Waals surface area contributed by atoms with Gasteiger partial charge in [0.1, 0.15) is 5.78 Å². The number of carbonyl (C=O) groups is 1. The van der Waals surface area contributed by atoms with Gasteiger partial charge in [0, 0.05) is 5.92 Å². The molecule has 0 radical (unpaired) electrons. The van der Waals surface area contributed by atoms with Crippen molar-refractivity contribution in [3.63, 3.8) is 0 Å². The minimum Gasteiger partial charge on any atom is -0.299 e. The molecular weight excluding hydrogens is 212 g/mol. The quantitative estimate of drug-likeness (QED) is 0.807. The minimum absolute atomic E-state index is 0.294. The Labute approximate surface area is 99.9 Å². The van der Waals surface area contributed by atoms with Crippen LogP contribution in [-0.2, 0) is 11.2 Å². The summed E-state index contributed by atoms with van der Waals surface area (Å²) < 4.78 is 0. The highest BCUT2D eigenvalue weighted by Gasteiger charge is 2.29. The Bertz CT molecular complexity index is 588. The highest BCUT2D eigenvalue weighted by molar-refractivity contribution is 5.85. The molecule has 86 valence electrons. The summed E-state index contributed by atoms with van der Waals surface area (Å²) in [5.74, 6) is 0.611. The van der Waals surface area contributed by atoms with Crippen molar-refractivity contribution < 1.29 is 4.79 Å². The highest BCUT2D eigenvalue weighted by atomic mass is 16.1. The van der Waals surface area contributed by atoms with Crippen LogP contribution in [-0.4, -0.2) is 15.8 Å². The molecule has 1 aromatic heterocycles. The number of fused-ring (bicyclic) bond motifs is 1. The predicted octanol–water partition coefficient (Wildman–Crippen LogP) is 2.46. The Hall–Kier alpha value is -1.77. The molecule has 0 aliphatic heterocycles. The van der Waals surface area contributed by atoms with Crippen LogP contribution in [0.4, 0.5) is 0 Å². The average Bonchev–Trinajstić information content (AvgIpc) is 3.14. The molecule has 1 aliphatic carbocycles. The summed E-state index contributed by atoms with van der Waals surface area (Å²) in [7, 11) is 0. The second-order valence-electron chi connectivity index (χ2n) is 4.66. The molecule has 3 heteroatoms. The van der Waals surface area contributed by atoms with E-state index in [1.807, 2.05) is 31.2 Å². The lowest BCUT2D eigenvalue weighted by Gasteiger charge is -2.05. The standard InChI is InChI=1S/C14H14N2O/c1-9-13(8-14(17)10-6-7-10)16-12-5-3-2-4-11(12)15-9/h2-5,10H,6-8H2,1H3. The fourth-order valence-corrected chi connectivity index (χ4v) is 2.01. The summed E-state index contributed by atoms with van der Waals surface area (Å²) in [6.07, 6.45) is 2.55. The Morgan fingerprint density at radius 1 is 1.24 bits per heavy atom. The van der Waals surface area contributed by atoms with Crippen LogP contribution < -0.4 is 0 Å². The normalized spacial score (nSPS) is 15.1. The van der Waals surface area contributed by atoms with Gasteiger partial charge in [-0.1, -0.05) is 12.1 Å². The number of Topliss-reactive ketones (excluding diaryl/α,β-unsaturated/α-hetero) is 1. The van der Waals surface area contributed by atoms with Crippen LogP contribution in [0.2, 0.25) is 0 Å². The molecule has 0 bridgehead atoms. The van der Waals surface area contributed by atoms with Crippen molar-refractivity contribution in [1.29, 1.82) is 0 Å². The third kappa shape index (κ3) is 2.05. The van der Waals surface area contributed by atoms with Gasteiger partial charge in [0.05, 0.1) is 28.8 Å². The van der Waals surface area contributed by atoms with E-state index >= 15 is 0 Å². The molecular formula is C14H14N2O. The third-order valence-corrected chi connectivity index (χ3v) is 3.22. The summed E-state index contributed by atoms with van der Waals surface area (Å²) in [6.45, 7) is 1.93. The number of aromatic nitrogens is 2. The topological polar surface area (TPSA) is 42.9 Å². The van der Waals surface area contributed by atoms with Crippen molar-refractivity contribution >= 4 is 16.8 Å². The summed E-state index contributed by atoms with van der Waals surface area (Å²) in [5, 5.41) is 0. The lowest BCUT2D eigenvalue weighted by molar-refractivity contribution is -0.119. The summed E-state index contributed by atoms with van der Waals surface area (Å²) in [5.41, 5.74) is 3.47. The maximum Gasteiger partial charge on any atom is 0.141 e. The molecule has 17 heavy (non-hydrogen) atoms. The van der Waals surface area contributed by atoms with E-state index in [9.17, 15) is 4.79 Å². The lowest BCUT2D eigenvalue weighted by atomic mass is 10.1. The molecule has 3 rings (SSSR count). The first kappa shape index (κ1) is 10.4. The van der Waals surface area contributed by atoms with Gasteiger partial charge >= 0.3 is 0 Å². The first-order valence-electron chi connectivity index (χ1n) is 5.99. The van der Waals surface area contributed by atoms with Gasteiger partial charge in [0.2, 0.25) is 0 Å². The molecule has 3 nitrogen and oxygen atoms in total. The summed E-state index contributed by atoms with van der Waals surface area (Å²) in [6, 6.07) is 7.78. The summed E-state index contributed by atoms with van der Waals surface area (Å²) >= 11 is 0. The number of rotatable bonds is 3. The molecule has 0 saturated heterocycles. The lowest BCUT2D eigenvalue weighted by Crippen LogP contribution is -2.09. The van der Waals surface area contributed by atoms with Gasteiger partial charge < -0.3 is 0 Å². The number of benzene rings is 1. The Balaban J connectivity index is 1.97. The number of hydrogen-bond acceptors (Lipinski definition) is 3. The van der Waals surface area contributed by atoms with E-state index in [1.54, 1.807) is 0 Å². The fourth-order valence-electron chi connectivity index (χ4n) is 2.01. The minimum atomic E-state index is 0.294. The second kappa shape index (κ2) is 3.91. The monoisotopic (exact) mass is 226 g/mol. The molecule has 0 amide bonds. The Kier molecular flexibility index (Phi) is 2.39. The van der Waals surface area contributed by atoms with E-state index < -0.39 is 0 Å². The van der Waals surface area contributed by atoms with Crippen molar-refractivity contribution in [3.05, 3.63) is 35.7 Å². The molecule has 1 fully saturated rings. The number of nitrogens with zero attached hydrogens (tertiary/aromatic N) is 2. The first-order chi connectivity index (χ1) is 8.24. The van der Waals surface area contributed by atoms with Crippen molar-refractivity contribution in [2.45, 2.75) is 26.2 Å². The van der Waals surface area contributed by atoms with Crippen molar-refractivity contribution in [2.75, 3.05) is 0 Å². The van der Waals surface area contributed by atoms with E-state index in [0.717, 1.165) is 35.3 Å². The SMILES string of the molecule is Cc1nc2ccccc2nc1CC(=O)C1CC1. The third-order valence-electron chi connectivity index (χ3n) is 3.22. The van der Waals surface area contributed by atoms with Crippen molar-refractivity contribution in [3.8, 4) is 0 Å². The van der Waals surface area contributed by atoms with Crippen LogP contribution in [0, 0.1) is 12.8 Å². The number of ketones is 1. The van der Waals surface area contributed by atoms with Gasteiger partial charge in [0.15, 0.2) is 0 Å². The van der Waals surface area contributed by atoms with E-state index in [1.165, 1.54) is 0 Å². The van der Waals surface area contributed by atoms with Crippen LogP contribution >= 0.6 is 0 Å². The summed E-state index contributed by atoms with van der Waals surface area (Å²) in [4.78, 5) is 20.8. The van der Waals surface area contributed by atoms with Gasteiger partial charge in [-0.2, -0.15) is 0 Å². The molecule has 0 spiro atoms. The van der Waals surface area contributed by atoms with Gasteiger partial charge in [-0.3, -0.25) is 4.79 Å². The molecule has 0 unspecified atom stereocenters. The number of aryl methyl sites for hydroxylation is 1. The Morgan fingerprint density at radius 3 is 2.53 bits per heavy atom. The predicted molar refractivity (Wildman–Crippen MR) is 65.7 cm³/mol. The maximum atomic E-state index is 11.8. The van der Waals surface area contributed by atoms with Gasteiger partial charge in [0.25, 0.3) is 0 Å². The molecule has 1 aromatic carbocycles. The second-order valence-corrected chi connectivity index (χ2v) is 4.66. The first-order valence-corrected chi connectivity index (χ1v) is 5.99. The van der Waals surface area contributed by atoms with E-state index in [-0.39, 0.29) is 0 Å². The van der Waals surface area contributed by atoms with E-state index in [4.69, 9.17) is 0 Å². The largest absolute Gasteiger partial charge is 0.299 e. The van der Waals surface area contributed by atoms with Gasteiger partial charge in [-0.05, 0) is 31.9 Å². The fraction of sp³-hybridized carbons (Fsp3) is 0.357. The number of para-hydroxylation sites is 2. The molecule has 0 N–H and O–H groups in total. The van der Waals surface area contributed by atoms with Gasteiger partial charge in [-0.25, -0.2) is 9.97 Å². The van der Waals surface area contributed by atoms with Crippen LogP contribution in [0.3, 0.4) is 0 Å². The van der Waals surface area contributed by atoms with Gasteiger partial charge in [-0.15, -0.1) is 0 Å². The van der Waals surface area contributed by atoms with Crippen LogP contribution in [0.15, 0.2) is 24.3 Å². The molecule has 1 saturated carbocycles. The molecule has 1 heterocycles. The zero-order chi connectivity index (χ0) is 11.8. The molecule has 0 atom stereocenters. The molecule has 2 aromatic rings. The zero-order valence-electron chi connectivity index (χ0n) is 9.81. The van der Waals surface area contributed by atoms with E-state index in [0.29, 0.717) is 18.1 Å². The van der Waals surface area contributed by atoms with Crippen LogP contribution in [0.1, 0.15) is 24.2 Å². The van der Waals surface area contributed by atoms with Crippen LogP contribution in [0.5, 0.6) is 0 Å². The number of hydrogen-bond donors (Lipinski definition) is 0. The van der Waals surface area contributed by atoms with Crippen LogP contribution in [0.25, 0.3) is 11.0 Å². The highest BCUT2D eigenvalue weighted by Crippen LogP contribution is 2.31. The van der Waals surface area contributed by atoms with E-state index in [2.05, 4.69) is 9.97 Å². The smallest absolute Gasteiger partial charge is 0.141 e.